The van der Waals surface area contributed by atoms with Crippen LogP contribution in [0.15, 0.2) is 30.3 Å². The van der Waals surface area contributed by atoms with Gasteiger partial charge in [0, 0.05) is 6.04 Å². The van der Waals surface area contributed by atoms with Crippen LogP contribution in [-0.4, -0.2) is 24.3 Å². The first-order chi connectivity index (χ1) is 7.31. The molecule has 0 radical (unpaired) electrons. The Hall–Kier alpha value is -0.860. The molecule has 15 heavy (non-hydrogen) atoms. The fraction of sp³-hybridized carbons (Fsp3) is 0.538. The first-order valence-corrected chi connectivity index (χ1v) is 5.70. The molecule has 82 valence electrons. The van der Waals surface area contributed by atoms with Crippen LogP contribution in [0.4, 0.5) is 0 Å². The zero-order valence-corrected chi connectivity index (χ0v) is 9.19. The van der Waals surface area contributed by atoms with Crippen LogP contribution in [0, 0.1) is 5.92 Å². The van der Waals surface area contributed by atoms with Crippen LogP contribution >= 0.6 is 0 Å². The maximum absolute atomic E-state index is 8.89. The fourth-order valence-corrected chi connectivity index (χ4v) is 2.00. The van der Waals surface area contributed by atoms with E-state index in [1.165, 1.54) is 12.0 Å². The minimum absolute atomic E-state index is 0.224. The Morgan fingerprint density at radius 3 is 2.80 bits per heavy atom. The predicted molar refractivity (Wildman–Crippen MR) is 61.8 cm³/mol. The standard InChI is InChI=1S/C13H19NO/c1-10(9-15)14-8-12-7-13(12)11-5-3-2-4-6-11/h2-6,10,12-15H,7-9H2,1H3/t10-,12?,13?/m0/s1. The second-order valence-electron chi connectivity index (χ2n) is 4.50. The lowest BCUT2D eigenvalue weighted by Crippen LogP contribution is -2.31. The summed E-state index contributed by atoms with van der Waals surface area (Å²) in [4.78, 5) is 0. The largest absolute Gasteiger partial charge is 0.395 e. The molecule has 0 heterocycles. The molecule has 2 rings (SSSR count). The van der Waals surface area contributed by atoms with Gasteiger partial charge in [-0.2, -0.15) is 0 Å². The maximum Gasteiger partial charge on any atom is 0.0581 e. The first kappa shape index (κ1) is 10.7. The molecular weight excluding hydrogens is 186 g/mol. The molecule has 0 spiro atoms. The van der Waals surface area contributed by atoms with E-state index in [1.807, 2.05) is 6.92 Å². The number of hydrogen-bond donors (Lipinski definition) is 2. The van der Waals surface area contributed by atoms with Crippen LogP contribution in [-0.2, 0) is 0 Å². The third kappa shape index (κ3) is 2.80. The van der Waals surface area contributed by atoms with Gasteiger partial charge in [0.2, 0.25) is 0 Å². The van der Waals surface area contributed by atoms with Gasteiger partial charge >= 0.3 is 0 Å². The van der Waals surface area contributed by atoms with Crippen LogP contribution < -0.4 is 5.32 Å². The summed E-state index contributed by atoms with van der Waals surface area (Å²) in [7, 11) is 0. The molecule has 1 saturated carbocycles. The minimum Gasteiger partial charge on any atom is -0.395 e. The smallest absolute Gasteiger partial charge is 0.0581 e. The summed E-state index contributed by atoms with van der Waals surface area (Å²) in [5.41, 5.74) is 1.46. The minimum atomic E-state index is 0.224. The van der Waals surface area contributed by atoms with Crippen LogP contribution in [0.5, 0.6) is 0 Å². The summed E-state index contributed by atoms with van der Waals surface area (Å²) in [5.74, 6) is 1.51. The van der Waals surface area contributed by atoms with Crippen molar-refractivity contribution < 1.29 is 5.11 Å². The summed E-state index contributed by atoms with van der Waals surface area (Å²) in [6.07, 6.45) is 1.29. The van der Waals surface area contributed by atoms with E-state index in [-0.39, 0.29) is 12.6 Å². The molecule has 0 amide bonds. The Balaban J connectivity index is 1.77. The normalized spacial score (nSPS) is 26.3. The Morgan fingerprint density at radius 1 is 1.40 bits per heavy atom. The number of benzene rings is 1. The first-order valence-electron chi connectivity index (χ1n) is 5.70. The molecule has 2 unspecified atom stereocenters. The molecule has 2 nitrogen and oxygen atoms in total. The van der Waals surface area contributed by atoms with E-state index in [2.05, 4.69) is 35.6 Å². The van der Waals surface area contributed by atoms with Crippen molar-refractivity contribution in [3.8, 4) is 0 Å². The molecule has 0 saturated heterocycles. The third-order valence-corrected chi connectivity index (χ3v) is 3.15. The van der Waals surface area contributed by atoms with Gasteiger partial charge in [0.1, 0.15) is 0 Å². The molecule has 0 bridgehead atoms. The zero-order valence-electron chi connectivity index (χ0n) is 9.19. The van der Waals surface area contributed by atoms with E-state index in [4.69, 9.17) is 5.11 Å². The van der Waals surface area contributed by atoms with Gasteiger partial charge in [-0.3, -0.25) is 0 Å². The number of aliphatic hydroxyl groups excluding tert-OH is 1. The average molecular weight is 205 g/mol. The molecule has 0 aliphatic heterocycles. The van der Waals surface area contributed by atoms with Crippen LogP contribution in [0.2, 0.25) is 0 Å². The molecule has 0 aromatic heterocycles. The Kier molecular flexibility index (Phi) is 3.39. The van der Waals surface area contributed by atoms with Gasteiger partial charge in [-0.05, 0) is 37.3 Å². The van der Waals surface area contributed by atoms with Crippen LogP contribution in [0.3, 0.4) is 0 Å². The van der Waals surface area contributed by atoms with Crippen LogP contribution in [0.25, 0.3) is 0 Å². The van der Waals surface area contributed by atoms with E-state index in [0.717, 1.165) is 18.4 Å². The van der Waals surface area contributed by atoms with E-state index < -0.39 is 0 Å². The highest BCUT2D eigenvalue weighted by Gasteiger charge is 2.37. The fourth-order valence-electron chi connectivity index (χ4n) is 2.00. The highest BCUT2D eigenvalue weighted by atomic mass is 16.3. The van der Waals surface area contributed by atoms with Gasteiger partial charge in [-0.15, -0.1) is 0 Å². The number of rotatable bonds is 5. The van der Waals surface area contributed by atoms with Crippen molar-refractivity contribution in [2.45, 2.75) is 25.3 Å². The Labute approximate surface area is 91.3 Å². The molecule has 2 N–H and O–H groups in total. The molecule has 1 fully saturated rings. The second kappa shape index (κ2) is 4.77. The van der Waals surface area contributed by atoms with E-state index >= 15 is 0 Å². The van der Waals surface area contributed by atoms with E-state index in [1.54, 1.807) is 0 Å². The van der Waals surface area contributed by atoms with Gasteiger partial charge in [-0.25, -0.2) is 0 Å². The predicted octanol–water partition coefficient (Wildman–Crippen LogP) is 1.76. The summed E-state index contributed by atoms with van der Waals surface area (Å²) in [6, 6.07) is 10.9. The molecule has 1 aliphatic rings. The monoisotopic (exact) mass is 205 g/mol. The maximum atomic E-state index is 8.89. The summed E-state index contributed by atoms with van der Waals surface area (Å²) in [6.45, 7) is 3.27. The van der Waals surface area contributed by atoms with Crippen molar-refractivity contribution in [3.05, 3.63) is 35.9 Å². The van der Waals surface area contributed by atoms with Crippen LogP contribution in [0.1, 0.15) is 24.8 Å². The van der Waals surface area contributed by atoms with E-state index in [9.17, 15) is 0 Å². The number of hydrogen-bond acceptors (Lipinski definition) is 2. The highest BCUT2D eigenvalue weighted by Crippen LogP contribution is 2.46. The number of aliphatic hydroxyl groups is 1. The third-order valence-electron chi connectivity index (χ3n) is 3.15. The van der Waals surface area contributed by atoms with Crippen molar-refractivity contribution in [2.75, 3.05) is 13.2 Å². The topological polar surface area (TPSA) is 32.3 Å². The van der Waals surface area contributed by atoms with Crippen molar-refractivity contribution in [2.24, 2.45) is 5.92 Å². The van der Waals surface area contributed by atoms with Gasteiger partial charge in [-0.1, -0.05) is 30.3 Å². The lowest BCUT2D eigenvalue weighted by Gasteiger charge is -2.09. The van der Waals surface area contributed by atoms with E-state index in [0.29, 0.717) is 0 Å². The quantitative estimate of drug-likeness (QED) is 0.767. The SMILES string of the molecule is C[C@@H](CO)NCC1CC1c1ccccc1. The molecular formula is C13H19NO. The average Bonchev–Trinajstić information content (AvgIpc) is 3.06. The zero-order chi connectivity index (χ0) is 10.7. The molecule has 1 aromatic rings. The molecule has 3 atom stereocenters. The van der Waals surface area contributed by atoms with Gasteiger partial charge in [0.15, 0.2) is 0 Å². The number of nitrogens with one attached hydrogen (secondary N) is 1. The van der Waals surface area contributed by atoms with Crippen molar-refractivity contribution in [1.29, 1.82) is 0 Å². The molecule has 2 heteroatoms. The lowest BCUT2D eigenvalue weighted by molar-refractivity contribution is 0.250. The van der Waals surface area contributed by atoms with Crippen molar-refractivity contribution in [1.82, 2.24) is 5.32 Å². The van der Waals surface area contributed by atoms with Crippen molar-refractivity contribution in [3.63, 3.8) is 0 Å². The van der Waals surface area contributed by atoms with Gasteiger partial charge < -0.3 is 10.4 Å². The van der Waals surface area contributed by atoms with Gasteiger partial charge in [0.05, 0.1) is 6.61 Å². The second-order valence-corrected chi connectivity index (χ2v) is 4.50. The Bertz CT molecular complexity index is 299. The summed E-state index contributed by atoms with van der Waals surface area (Å²) in [5, 5.41) is 12.2. The summed E-state index contributed by atoms with van der Waals surface area (Å²) >= 11 is 0. The Morgan fingerprint density at radius 2 is 2.13 bits per heavy atom. The van der Waals surface area contributed by atoms with Gasteiger partial charge in [0.25, 0.3) is 0 Å². The highest BCUT2D eigenvalue weighted by molar-refractivity contribution is 5.25. The lowest BCUT2D eigenvalue weighted by atomic mass is 10.1. The molecule has 1 aliphatic carbocycles. The molecule has 1 aromatic carbocycles. The summed E-state index contributed by atoms with van der Waals surface area (Å²) < 4.78 is 0. The van der Waals surface area contributed by atoms with Crippen molar-refractivity contribution >= 4 is 0 Å².